The third-order valence-corrected chi connectivity index (χ3v) is 3.26. The van der Waals surface area contributed by atoms with Crippen molar-refractivity contribution in [2.75, 3.05) is 0 Å². The Morgan fingerprint density at radius 3 is 2.55 bits per heavy atom. The minimum Gasteiger partial charge on any atom is -0.504 e. The first-order chi connectivity index (χ1) is 9.63. The summed E-state index contributed by atoms with van der Waals surface area (Å²) in [5.74, 6) is -0.120. The van der Waals surface area contributed by atoms with E-state index in [1.165, 1.54) is 12.1 Å². The van der Waals surface area contributed by atoms with Gasteiger partial charge in [-0.2, -0.15) is 0 Å². The van der Waals surface area contributed by atoms with Crippen molar-refractivity contribution in [1.29, 1.82) is 0 Å². The van der Waals surface area contributed by atoms with Crippen LogP contribution in [-0.2, 0) is 6.42 Å². The van der Waals surface area contributed by atoms with Crippen molar-refractivity contribution in [3.8, 4) is 5.75 Å². The first kappa shape index (κ1) is 12.5. The van der Waals surface area contributed by atoms with Crippen LogP contribution in [0.4, 0.5) is 4.39 Å². The van der Waals surface area contributed by atoms with Gasteiger partial charge in [0.05, 0.1) is 5.69 Å². The molecule has 0 atom stereocenters. The molecule has 0 bridgehead atoms. The van der Waals surface area contributed by atoms with Crippen molar-refractivity contribution in [3.63, 3.8) is 0 Å². The zero-order chi connectivity index (χ0) is 14.1. The number of aromatic hydroxyl groups is 1. The number of rotatable bonds is 2. The van der Waals surface area contributed by atoms with E-state index in [4.69, 9.17) is 0 Å². The molecule has 20 heavy (non-hydrogen) atoms. The maximum atomic E-state index is 12.9. The summed E-state index contributed by atoms with van der Waals surface area (Å²) in [7, 11) is 0. The summed E-state index contributed by atoms with van der Waals surface area (Å²) in [4.78, 5) is 8.42. The quantitative estimate of drug-likeness (QED) is 0.775. The highest BCUT2D eigenvalue weighted by atomic mass is 19.1. The van der Waals surface area contributed by atoms with Gasteiger partial charge >= 0.3 is 0 Å². The highest BCUT2D eigenvalue weighted by Crippen LogP contribution is 2.25. The van der Waals surface area contributed by atoms with Gasteiger partial charge < -0.3 is 5.11 Å². The molecule has 0 saturated heterocycles. The summed E-state index contributed by atoms with van der Waals surface area (Å²) in [6.45, 7) is 1.74. The Kier molecular flexibility index (Phi) is 3.06. The van der Waals surface area contributed by atoms with Crippen LogP contribution in [0.25, 0.3) is 10.9 Å². The largest absolute Gasteiger partial charge is 0.504 e. The molecular formula is C16H13FN2O. The summed E-state index contributed by atoms with van der Waals surface area (Å²) in [5.41, 5.74) is 3.13. The van der Waals surface area contributed by atoms with Gasteiger partial charge in [0.1, 0.15) is 11.3 Å². The number of halogens is 1. The number of aromatic nitrogens is 2. The Bertz CT molecular complexity index is 769. The van der Waals surface area contributed by atoms with Crippen molar-refractivity contribution < 1.29 is 9.50 Å². The molecule has 0 spiro atoms. The number of fused-ring (bicyclic) bond motifs is 1. The fourth-order valence-corrected chi connectivity index (χ4v) is 2.16. The van der Waals surface area contributed by atoms with E-state index in [1.807, 2.05) is 6.07 Å². The molecule has 2 heterocycles. The average Bonchev–Trinajstić information content (AvgIpc) is 2.46. The van der Waals surface area contributed by atoms with E-state index in [0.717, 1.165) is 16.5 Å². The predicted octanol–water partition coefficient (Wildman–Crippen LogP) is 3.37. The summed E-state index contributed by atoms with van der Waals surface area (Å²) in [6, 6.07) is 8.34. The lowest BCUT2D eigenvalue weighted by Gasteiger charge is -2.06. The van der Waals surface area contributed by atoms with Gasteiger partial charge in [-0.25, -0.2) is 4.39 Å². The van der Waals surface area contributed by atoms with Gasteiger partial charge in [-0.3, -0.25) is 9.97 Å². The van der Waals surface area contributed by atoms with E-state index < -0.39 is 0 Å². The number of pyridine rings is 2. The summed E-state index contributed by atoms with van der Waals surface area (Å²) >= 11 is 0. The Morgan fingerprint density at radius 2 is 1.80 bits per heavy atom. The number of aryl methyl sites for hydroxylation is 1. The van der Waals surface area contributed by atoms with Crippen LogP contribution in [0.3, 0.4) is 0 Å². The molecule has 3 aromatic rings. The summed E-state index contributed by atoms with van der Waals surface area (Å²) in [6.07, 6.45) is 4.09. The second-order valence-electron chi connectivity index (χ2n) is 4.78. The van der Waals surface area contributed by atoms with E-state index in [9.17, 15) is 9.50 Å². The summed E-state index contributed by atoms with van der Waals surface area (Å²) in [5, 5.41) is 10.7. The molecule has 100 valence electrons. The molecule has 0 fully saturated rings. The van der Waals surface area contributed by atoms with Crippen LogP contribution in [0.5, 0.6) is 5.75 Å². The lowest BCUT2D eigenvalue weighted by atomic mass is 10.1. The fourth-order valence-electron chi connectivity index (χ4n) is 2.16. The molecule has 1 aromatic carbocycles. The van der Waals surface area contributed by atoms with Crippen molar-refractivity contribution in [2.24, 2.45) is 0 Å². The highest BCUT2D eigenvalue weighted by Gasteiger charge is 2.07. The number of benzene rings is 1. The van der Waals surface area contributed by atoms with Gasteiger partial charge in [0, 0.05) is 17.8 Å². The van der Waals surface area contributed by atoms with Crippen LogP contribution in [0.2, 0.25) is 0 Å². The van der Waals surface area contributed by atoms with Crippen molar-refractivity contribution >= 4 is 10.9 Å². The molecule has 0 aliphatic rings. The van der Waals surface area contributed by atoms with Gasteiger partial charge in [0.15, 0.2) is 5.75 Å². The molecule has 0 saturated carbocycles. The number of hydrogen-bond acceptors (Lipinski definition) is 3. The lowest BCUT2D eigenvalue weighted by molar-refractivity contribution is 0.473. The molecule has 1 N–H and O–H groups in total. The van der Waals surface area contributed by atoms with E-state index in [2.05, 4.69) is 9.97 Å². The Labute approximate surface area is 115 Å². The molecule has 2 aromatic heterocycles. The van der Waals surface area contributed by atoms with Gasteiger partial charge in [0.2, 0.25) is 0 Å². The monoisotopic (exact) mass is 268 g/mol. The first-order valence-electron chi connectivity index (χ1n) is 6.31. The molecule has 0 radical (unpaired) electrons. The molecule has 3 rings (SSSR count). The van der Waals surface area contributed by atoms with Gasteiger partial charge in [-0.15, -0.1) is 0 Å². The minimum atomic E-state index is -0.241. The molecule has 0 unspecified atom stereocenters. The van der Waals surface area contributed by atoms with E-state index >= 15 is 0 Å². The molecule has 0 aliphatic heterocycles. The summed E-state index contributed by atoms with van der Waals surface area (Å²) < 4.78 is 12.9. The van der Waals surface area contributed by atoms with Crippen LogP contribution < -0.4 is 0 Å². The Hall–Kier alpha value is -2.49. The average molecular weight is 268 g/mol. The Balaban J connectivity index is 1.97. The fraction of sp³-hybridized carbons (Fsp3) is 0.125. The molecule has 0 amide bonds. The van der Waals surface area contributed by atoms with Gasteiger partial charge in [-0.1, -0.05) is 12.1 Å². The van der Waals surface area contributed by atoms with Crippen molar-refractivity contribution in [1.82, 2.24) is 9.97 Å². The Morgan fingerprint density at radius 1 is 1.05 bits per heavy atom. The van der Waals surface area contributed by atoms with Crippen LogP contribution in [0.15, 0.2) is 42.7 Å². The smallest absolute Gasteiger partial charge is 0.163 e. The molecule has 0 aliphatic carbocycles. The van der Waals surface area contributed by atoms with Crippen LogP contribution in [-0.4, -0.2) is 15.1 Å². The van der Waals surface area contributed by atoms with E-state index in [-0.39, 0.29) is 11.6 Å². The standard InChI is InChI=1S/C16H13FN2O/c1-10-16(20)15-13(9-18-10)7-12(8-19-15)6-11-2-4-14(17)5-3-11/h2-5,7-9,20H,6H2,1H3. The van der Waals surface area contributed by atoms with Gasteiger partial charge in [0.25, 0.3) is 0 Å². The molecule has 4 heteroatoms. The first-order valence-corrected chi connectivity index (χ1v) is 6.31. The SMILES string of the molecule is Cc1ncc2cc(Cc3ccc(F)cc3)cnc2c1O. The number of hydrogen-bond donors (Lipinski definition) is 1. The lowest BCUT2D eigenvalue weighted by Crippen LogP contribution is -1.92. The van der Waals surface area contributed by atoms with Crippen LogP contribution >= 0.6 is 0 Å². The normalized spacial score (nSPS) is 10.9. The zero-order valence-corrected chi connectivity index (χ0v) is 11.0. The molecule has 3 nitrogen and oxygen atoms in total. The van der Waals surface area contributed by atoms with Crippen molar-refractivity contribution in [2.45, 2.75) is 13.3 Å². The second kappa shape index (κ2) is 4.89. The maximum absolute atomic E-state index is 12.9. The van der Waals surface area contributed by atoms with E-state index in [0.29, 0.717) is 17.6 Å². The van der Waals surface area contributed by atoms with Gasteiger partial charge in [-0.05, 0) is 42.7 Å². The zero-order valence-electron chi connectivity index (χ0n) is 11.0. The highest BCUT2D eigenvalue weighted by molar-refractivity contribution is 5.84. The van der Waals surface area contributed by atoms with E-state index in [1.54, 1.807) is 31.5 Å². The van der Waals surface area contributed by atoms with Crippen LogP contribution in [0.1, 0.15) is 16.8 Å². The predicted molar refractivity (Wildman–Crippen MR) is 75.1 cm³/mol. The van der Waals surface area contributed by atoms with Crippen molar-refractivity contribution in [3.05, 3.63) is 65.4 Å². The molecular weight excluding hydrogens is 255 g/mol. The third-order valence-electron chi connectivity index (χ3n) is 3.26. The maximum Gasteiger partial charge on any atom is 0.163 e. The second-order valence-corrected chi connectivity index (χ2v) is 4.78. The topological polar surface area (TPSA) is 46.0 Å². The third kappa shape index (κ3) is 2.32. The number of nitrogens with zero attached hydrogens (tertiary/aromatic N) is 2. The minimum absolute atomic E-state index is 0.121. The van der Waals surface area contributed by atoms with Crippen LogP contribution in [0, 0.1) is 12.7 Å².